The number of H-pyrrole nitrogens is 1. The molecule has 0 radical (unpaired) electrons. The Labute approximate surface area is 186 Å². The molecule has 162 valence electrons. The number of likely N-dealkylation sites (N-methyl/N-ethyl adjacent to an activating group) is 1. The Kier molecular flexibility index (Phi) is 5.41. The fraction of sp³-hybridized carbons (Fsp3) is 0.250. The lowest BCUT2D eigenvalue weighted by Crippen LogP contribution is -2.35. The maximum Gasteiger partial charge on any atom is 0.253 e. The molecule has 1 aromatic carbocycles. The molecule has 1 atom stereocenters. The van der Waals surface area contributed by atoms with Crippen molar-refractivity contribution in [1.82, 2.24) is 25.3 Å². The van der Waals surface area contributed by atoms with E-state index >= 15 is 0 Å². The first kappa shape index (κ1) is 20.0. The van der Waals surface area contributed by atoms with Crippen LogP contribution in [0.4, 0.5) is 11.6 Å². The summed E-state index contributed by atoms with van der Waals surface area (Å²) in [5, 5.41) is 3.98. The van der Waals surface area contributed by atoms with E-state index in [9.17, 15) is 4.79 Å². The third kappa shape index (κ3) is 3.99. The minimum Gasteiger partial charge on any atom is -0.355 e. The lowest BCUT2D eigenvalue weighted by molar-refractivity contribution is 0.0950. The molecule has 4 heterocycles. The second-order valence-electron chi connectivity index (χ2n) is 8.01. The van der Waals surface area contributed by atoms with Gasteiger partial charge in [0, 0.05) is 45.1 Å². The Morgan fingerprint density at radius 1 is 1.16 bits per heavy atom. The summed E-state index contributed by atoms with van der Waals surface area (Å²) in [6.07, 6.45) is 6.15. The van der Waals surface area contributed by atoms with Gasteiger partial charge in [0.25, 0.3) is 5.91 Å². The quantitative estimate of drug-likeness (QED) is 0.492. The van der Waals surface area contributed by atoms with Gasteiger partial charge in [-0.05, 0) is 30.2 Å². The molecule has 2 N–H and O–H groups in total. The van der Waals surface area contributed by atoms with Crippen LogP contribution in [0.5, 0.6) is 0 Å². The Morgan fingerprint density at radius 2 is 2.03 bits per heavy atom. The topological polar surface area (TPSA) is 90.0 Å². The third-order valence-electron chi connectivity index (χ3n) is 6.01. The molecule has 0 aliphatic carbocycles. The van der Waals surface area contributed by atoms with E-state index in [1.807, 2.05) is 54.7 Å². The minimum atomic E-state index is -0.123. The summed E-state index contributed by atoms with van der Waals surface area (Å²) in [6, 6.07) is 15.9. The molecule has 32 heavy (non-hydrogen) atoms. The molecular weight excluding hydrogens is 402 g/mol. The predicted molar refractivity (Wildman–Crippen MR) is 125 cm³/mol. The number of carbonyl (C=O) groups is 1. The van der Waals surface area contributed by atoms with Gasteiger partial charge in [0.1, 0.15) is 23.6 Å². The fourth-order valence-electron chi connectivity index (χ4n) is 4.16. The van der Waals surface area contributed by atoms with Crippen LogP contribution in [0.3, 0.4) is 0 Å². The van der Waals surface area contributed by atoms with Crippen molar-refractivity contribution in [3.8, 4) is 0 Å². The number of nitrogens with one attached hydrogen (secondary N) is 2. The van der Waals surface area contributed by atoms with E-state index in [1.54, 1.807) is 12.5 Å². The maximum atomic E-state index is 12.5. The first-order valence-electron chi connectivity index (χ1n) is 10.7. The van der Waals surface area contributed by atoms with E-state index in [2.05, 4.69) is 42.1 Å². The molecular formula is C24H25N7O. The molecule has 3 aromatic heterocycles. The second-order valence-corrected chi connectivity index (χ2v) is 8.01. The van der Waals surface area contributed by atoms with Crippen molar-refractivity contribution in [2.45, 2.75) is 19.0 Å². The Hall–Kier alpha value is -3.94. The van der Waals surface area contributed by atoms with E-state index < -0.39 is 0 Å². The van der Waals surface area contributed by atoms with Crippen LogP contribution in [0.25, 0.3) is 11.0 Å². The number of benzene rings is 1. The van der Waals surface area contributed by atoms with Crippen LogP contribution in [-0.2, 0) is 6.54 Å². The van der Waals surface area contributed by atoms with Crippen LogP contribution in [0.15, 0.2) is 67.3 Å². The fourth-order valence-corrected chi connectivity index (χ4v) is 4.16. The highest BCUT2D eigenvalue weighted by Gasteiger charge is 2.28. The summed E-state index contributed by atoms with van der Waals surface area (Å²) in [5.74, 6) is 1.69. The van der Waals surface area contributed by atoms with Crippen molar-refractivity contribution in [2.75, 3.05) is 29.9 Å². The second kappa shape index (κ2) is 8.66. The number of fused-ring (bicyclic) bond motifs is 1. The highest BCUT2D eigenvalue weighted by atomic mass is 16.1. The van der Waals surface area contributed by atoms with Crippen molar-refractivity contribution in [3.63, 3.8) is 0 Å². The molecule has 0 saturated carbocycles. The van der Waals surface area contributed by atoms with Gasteiger partial charge < -0.3 is 20.1 Å². The Morgan fingerprint density at radius 3 is 2.84 bits per heavy atom. The van der Waals surface area contributed by atoms with Gasteiger partial charge in [0.2, 0.25) is 0 Å². The summed E-state index contributed by atoms with van der Waals surface area (Å²) < 4.78 is 0. The molecule has 1 aliphatic rings. The number of aromatic nitrogens is 4. The minimum absolute atomic E-state index is 0.123. The highest BCUT2D eigenvalue weighted by molar-refractivity contribution is 5.94. The lowest BCUT2D eigenvalue weighted by atomic mass is 10.2. The van der Waals surface area contributed by atoms with Crippen LogP contribution in [0.2, 0.25) is 0 Å². The number of aromatic amines is 1. The van der Waals surface area contributed by atoms with Gasteiger partial charge in [0.05, 0.1) is 10.9 Å². The molecule has 5 rings (SSSR count). The van der Waals surface area contributed by atoms with Crippen LogP contribution in [0.1, 0.15) is 22.3 Å². The monoisotopic (exact) mass is 427 g/mol. The van der Waals surface area contributed by atoms with Gasteiger partial charge in [0.15, 0.2) is 0 Å². The number of hydrogen-bond donors (Lipinski definition) is 2. The molecule has 1 fully saturated rings. The molecule has 1 saturated heterocycles. The van der Waals surface area contributed by atoms with Crippen molar-refractivity contribution in [3.05, 3.63) is 78.4 Å². The first-order chi connectivity index (χ1) is 15.7. The molecule has 0 unspecified atom stereocenters. The number of pyridine rings is 1. The molecule has 0 spiro atoms. The smallest absolute Gasteiger partial charge is 0.253 e. The zero-order chi connectivity index (χ0) is 21.9. The molecule has 8 heteroatoms. The van der Waals surface area contributed by atoms with Crippen molar-refractivity contribution >= 4 is 28.6 Å². The van der Waals surface area contributed by atoms with Gasteiger partial charge >= 0.3 is 0 Å². The predicted octanol–water partition coefficient (Wildman–Crippen LogP) is 3.00. The normalized spacial score (nSPS) is 15.8. The summed E-state index contributed by atoms with van der Waals surface area (Å²) in [4.78, 5) is 33.4. The van der Waals surface area contributed by atoms with Gasteiger partial charge in [-0.15, -0.1) is 0 Å². The number of nitrogens with zero attached hydrogens (tertiary/aromatic N) is 5. The van der Waals surface area contributed by atoms with Crippen LogP contribution >= 0.6 is 0 Å². The molecule has 0 bridgehead atoms. The van der Waals surface area contributed by atoms with Crippen molar-refractivity contribution in [2.24, 2.45) is 0 Å². The molecule has 1 aliphatic heterocycles. The molecule has 1 amide bonds. The lowest BCUT2D eigenvalue weighted by Gasteiger charge is -2.26. The average molecular weight is 428 g/mol. The summed E-state index contributed by atoms with van der Waals surface area (Å²) >= 11 is 0. The van der Waals surface area contributed by atoms with Crippen LogP contribution in [0, 0.1) is 0 Å². The van der Waals surface area contributed by atoms with Crippen LogP contribution < -0.4 is 15.1 Å². The zero-order valence-corrected chi connectivity index (χ0v) is 17.9. The van der Waals surface area contributed by atoms with E-state index in [0.29, 0.717) is 18.2 Å². The van der Waals surface area contributed by atoms with Crippen molar-refractivity contribution < 1.29 is 4.79 Å². The van der Waals surface area contributed by atoms with Crippen LogP contribution in [-0.4, -0.2) is 52.0 Å². The van der Waals surface area contributed by atoms with E-state index in [4.69, 9.17) is 0 Å². The van der Waals surface area contributed by atoms with Gasteiger partial charge in [-0.25, -0.2) is 15.0 Å². The Balaban J connectivity index is 1.22. The third-order valence-corrected chi connectivity index (χ3v) is 6.01. The largest absolute Gasteiger partial charge is 0.355 e. The van der Waals surface area contributed by atoms with E-state index in [1.165, 1.54) is 0 Å². The maximum absolute atomic E-state index is 12.5. The Bertz CT molecular complexity index is 1210. The standard InChI is InChI=1S/C24H25N7O/c1-30(19-10-12-31(15-19)23-20-9-11-25-22(20)28-16-29-23)21-8-7-18(14-26-21)24(32)27-13-17-5-3-2-4-6-17/h2-9,11,14,16,19H,10,12-13,15H2,1H3,(H,27,32)(H,25,28,29)/t19-/m1/s1. The van der Waals surface area contributed by atoms with Crippen molar-refractivity contribution in [1.29, 1.82) is 0 Å². The van der Waals surface area contributed by atoms with E-state index in [-0.39, 0.29) is 5.91 Å². The first-order valence-corrected chi connectivity index (χ1v) is 10.7. The SMILES string of the molecule is CN(c1ccc(C(=O)NCc2ccccc2)cn1)[C@@H]1CCN(c2ncnc3[nH]ccc23)C1. The highest BCUT2D eigenvalue weighted by Crippen LogP contribution is 2.28. The van der Waals surface area contributed by atoms with Gasteiger partial charge in [-0.1, -0.05) is 30.3 Å². The zero-order valence-electron chi connectivity index (χ0n) is 17.9. The van der Waals surface area contributed by atoms with Gasteiger partial charge in [-0.3, -0.25) is 4.79 Å². The summed E-state index contributed by atoms with van der Waals surface area (Å²) in [6.45, 7) is 2.28. The number of amides is 1. The average Bonchev–Trinajstić information content (AvgIpc) is 3.53. The number of hydrogen-bond acceptors (Lipinski definition) is 6. The summed E-state index contributed by atoms with van der Waals surface area (Å²) in [5.41, 5.74) is 2.48. The molecule has 8 nitrogen and oxygen atoms in total. The molecule has 4 aromatic rings. The van der Waals surface area contributed by atoms with Gasteiger partial charge in [-0.2, -0.15) is 0 Å². The number of carbonyl (C=O) groups excluding carboxylic acids is 1. The van der Waals surface area contributed by atoms with E-state index in [0.717, 1.165) is 47.7 Å². The number of anilines is 2. The summed E-state index contributed by atoms with van der Waals surface area (Å²) in [7, 11) is 2.05. The number of rotatable bonds is 6.